The lowest BCUT2D eigenvalue weighted by molar-refractivity contribution is 0.257. The van der Waals surface area contributed by atoms with Crippen molar-refractivity contribution >= 4 is 0 Å². The summed E-state index contributed by atoms with van der Waals surface area (Å²) in [6.45, 7) is 5.55. The molecule has 3 nitrogen and oxygen atoms in total. The standard InChI is InChI=1S/C14H25N3/c1-3-13-6-4-7-14(10-13)16-12(2)11-17-9-5-8-15-17/h5,8-9,12-14,16H,3-4,6-7,10-11H2,1-2H3. The van der Waals surface area contributed by atoms with Crippen LogP contribution in [-0.2, 0) is 6.54 Å². The van der Waals surface area contributed by atoms with Crippen LogP contribution in [0.5, 0.6) is 0 Å². The summed E-state index contributed by atoms with van der Waals surface area (Å²) in [5.41, 5.74) is 0. The Morgan fingerprint density at radius 2 is 2.35 bits per heavy atom. The summed E-state index contributed by atoms with van der Waals surface area (Å²) in [4.78, 5) is 0. The average molecular weight is 235 g/mol. The maximum Gasteiger partial charge on any atom is 0.0560 e. The average Bonchev–Trinajstić information content (AvgIpc) is 2.82. The van der Waals surface area contributed by atoms with Gasteiger partial charge >= 0.3 is 0 Å². The molecule has 3 unspecified atom stereocenters. The molecule has 0 aromatic carbocycles. The van der Waals surface area contributed by atoms with E-state index in [9.17, 15) is 0 Å². The smallest absolute Gasteiger partial charge is 0.0560 e. The first kappa shape index (κ1) is 12.6. The molecule has 1 aliphatic rings. The van der Waals surface area contributed by atoms with Crippen molar-refractivity contribution in [2.75, 3.05) is 0 Å². The summed E-state index contributed by atoms with van der Waals surface area (Å²) in [5.74, 6) is 0.943. The van der Waals surface area contributed by atoms with E-state index in [0.29, 0.717) is 6.04 Å². The Morgan fingerprint density at radius 3 is 3.06 bits per heavy atom. The van der Waals surface area contributed by atoms with E-state index in [1.165, 1.54) is 32.1 Å². The van der Waals surface area contributed by atoms with Gasteiger partial charge in [0.1, 0.15) is 0 Å². The van der Waals surface area contributed by atoms with Crippen LogP contribution >= 0.6 is 0 Å². The second-order valence-electron chi connectivity index (χ2n) is 5.43. The second-order valence-corrected chi connectivity index (χ2v) is 5.43. The predicted molar refractivity (Wildman–Crippen MR) is 70.9 cm³/mol. The normalized spacial score (nSPS) is 26.9. The van der Waals surface area contributed by atoms with E-state index in [2.05, 4.69) is 24.3 Å². The maximum absolute atomic E-state index is 4.26. The molecule has 0 amide bonds. The van der Waals surface area contributed by atoms with E-state index in [-0.39, 0.29) is 0 Å². The third-order valence-electron chi connectivity index (χ3n) is 3.90. The van der Waals surface area contributed by atoms with Crippen LogP contribution in [0.1, 0.15) is 46.0 Å². The molecule has 0 aliphatic heterocycles. The summed E-state index contributed by atoms with van der Waals surface area (Å²) < 4.78 is 2.01. The zero-order valence-corrected chi connectivity index (χ0v) is 11.1. The summed E-state index contributed by atoms with van der Waals surface area (Å²) in [5, 5.41) is 8.02. The van der Waals surface area contributed by atoms with E-state index < -0.39 is 0 Å². The molecule has 0 saturated heterocycles. The maximum atomic E-state index is 4.26. The number of rotatable bonds is 5. The fourth-order valence-electron chi connectivity index (χ4n) is 2.96. The molecule has 0 radical (unpaired) electrons. The number of hydrogen-bond donors (Lipinski definition) is 1. The molecule has 1 aliphatic carbocycles. The van der Waals surface area contributed by atoms with Crippen LogP contribution in [0.15, 0.2) is 18.5 Å². The Kier molecular flexibility index (Phi) is 4.60. The van der Waals surface area contributed by atoms with E-state index in [1.54, 1.807) is 0 Å². The SMILES string of the molecule is CCC1CCCC(NC(C)Cn2cccn2)C1. The lowest BCUT2D eigenvalue weighted by Crippen LogP contribution is -2.41. The van der Waals surface area contributed by atoms with Crippen molar-refractivity contribution in [2.24, 2.45) is 5.92 Å². The van der Waals surface area contributed by atoms with Gasteiger partial charge in [-0.3, -0.25) is 4.68 Å². The Hall–Kier alpha value is -0.830. The largest absolute Gasteiger partial charge is 0.310 e. The summed E-state index contributed by atoms with van der Waals surface area (Å²) in [6, 6.07) is 3.22. The van der Waals surface area contributed by atoms with Gasteiger partial charge in [0.25, 0.3) is 0 Å². The molecule has 1 fully saturated rings. The second kappa shape index (κ2) is 6.20. The van der Waals surface area contributed by atoms with Crippen molar-refractivity contribution in [1.29, 1.82) is 0 Å². The molecule has 1 heterocycles. The quantitative estimate of drug-likeness (QED) is 0.850. The lowest BCUT2D eigenvalue weighted by Gasteiger charge is -2.31. The van der Waals surface area contributed by atoms with Crippen molar-refractivity contribution in [1.82, 2.24) is 15.1 Å². The predicted octanol–water partition coefficient (Wildman–Crippen LogP) is 2.83. The molecule has 0 bridgehead atoms. The third kappa shape index (κ3) is 3.84. The molecule has 96 valence electrons. The fourth-order valence-corrected chi connectivity index (χ4v) is 2.96. The van der Waals surface area contributed by atoms with Gasteiger partial charge in [-0.25, -0.2) is 0 Å². The zero-order chi connectivity index (χ0) is 12.1. The van der Waals surface area contributed by atoms with Gasteiger partial charge in [-0.2, -0.15) is 5.10 Å². The van der Waals surface area contributed by atoms with E-state index in [1.807, 2.05) is 23.1 Å². The van der Waals surface area contributed by atoms with Crippen LogP contribution in [0.2, 0.25) is 0 Å². The Labute approximate surface area is 105 Å². The Morgan fingerprint density at radius 1 is 1.47 bits per heavy atom. The van der Waals surface area contributed by atoms with Gasteiger partial charge in [-0.05, 0) is 31.7 Å². The van der Waals surface area contributed by atoms with Crippen LogP contribution in [0.3, 0.4) is 0 Å². The fraction of sp³-hybridized carbons (Fsp3) is 0.786. The van der Waals surface area contributed by atoms with Gasteiger partial charge in [0.05, 0.1) is 6.54 Å². The molecule has 17 heavy (non-hydrogen) atoms. The first-order chi connectivity index (χ1) is 8.28. The first-order valence-electron chi connectivity index (χ1n) is 7.01. The lowest BCUT2D eigenvalue weighted by atomic mass is 9.84. The number of nitrogens with zero attached hydrogens (tertiary/aromatic N) is 2. The van der Waals surface area contributed by atoms with Crippen LogP contribution in [0, 0.1) is 5.92 Å². The Balaban J connectivity index is 1.76. The monoisotopic (exact) mass is 235 g/mol. The summed E-state index contributed by atoms with van der Waals surface area (Å²) in [6.07, 6.45) is 10.8. The number of aromatic nitrogens is 2. The van der Waals surface area contributed by atoms with Crippen molar-refractivity contribution in [3.05, 3.63) is 18.5 Å². The molecule has 1 saturated carbocycles. The van der Waals surface area contributed by atoms with E-state index >= 15 is 0 Å². The minimum atomic E-state index is 0.510. The molecule has 1 N–H and O–H groups in total. The van der Waals surface area contributed by atoms with Crippen molar-refractivity contribution in [2.45, 2.75) is 64.6 Å². The van der Waals surface area contributed by atoms with Crippen molar-refractivity contribution in [3.8, 4) is 0 Å². The van der Waals surface area contributed by atoms with E-state index in [0.717, 1.165) is 18.5 Å². The molecule has 1 aromatic heterocycles. The first-order valence-corrected chi connectivity index (χ1v) is 7.01. The minimum absolute atomic E-state index is 0.510. The van der Waals surface area contributed by atoms with Crippen LogP contribution in [-0.4, -0.2) is 21.9 Å². The topological polar surface area (TPSA) is 29.9 Å². The van der Waals surface area contributed by atoms with Crippen LogP contribution in [0.25, 0.3) is 0 Å². The van der Waals surface area contributed by atoms with Gasteiger partial charge in [0, 0.05) is 24.5 Å². The Bertz CT molecular complexity index is 307. The minimum Gasteiger partial charge on any atom is -0.310 e. The highest BCUT2D eigenvalue weighted by Gasteiger charge is 2.21. The van der Waals surface area contributed by atoms with Crippen LogP contribution in [0.4, 0.5) is 0 Å². The van der Waals surface area contributed by atoms with Crippen LogP contribution < -0.4 is 5.32 Å². The summed E-state index contributed by atoms with van der Waals surface area (Å²) in [7, 11) is 0. The number of nitrogens with one attached hydrogen (secondary N) is 1. The molecule has 2 rings (SSSR count). The van der Waals surface area contributed by atoms with Gasteiger partial charge in [0.15, 0.2) is 0 Å². The molecule has 1 aromatic rings. The molecule has 3 atom stereocenters. The molecule has 0 spiro atoms. The zero-order valence-electron chi connectivity index (χ0n) is 11.1. The highest BCUT2D eigenvalue weighted by Crippen LogP contribution is 2.26. The molecular weight excluding hydrogens is 210 g/mol. The number of hydrogen-bond acceptors (Lipinski definition) is 2. The van der Waals surface area contributed by atoms with Gasteiger partial charge < -0.3 is 5.32 Å². The van der Waals surface area contributed by atoms with Gasteiger partial charge in [-0.1, -0.05) is 26.2 Å². The van der Waals surface area contributed by atoms with Crippen molar-refractivity contribution in [3.63, 3.8) is 0 Å². The molecular formula is C14H25N3. The van der Waals surface area contributed by atoms with E-state index in [4.69, 9.17) is 0 Å². The third-order valence-corrected chi connectivity index (χ3v) is 3.90. The highest BCUT2D eigenvalue weighted by molar-refractivity contribution is 4.82. The highest BCUT2D eigenvalue weighted by atomic mass is 15.3. The van der Waals surface area contributed by atoms with Gasteiger partial charge in [0.2, 0.25) is 0 Å². The van der Waals surface area contributed by atoms with Crippen molar-refractivity contribution < 1.29 is 0 Å². The van der Waals surface area contributed by atoms with Gasteiger partial charge in [-0.15, -0.1) is 0 Å². The molecule has 3 heteroatoms. The summed E-state index contributed by atoms with van der Waals surface area (Å²) >= 11 is 0.